The molecule has 0 aliphatic rings. The molecule has 2 rings (SSSR count). The largest absolute Gasteiger partial charge is 0.370 e. The Morgan fingerprint density at radius 3 is 2.23 bits per heavy atom. The van der Waals surface area contributed by atoms with Gasteiger partial charge in [-0.2, -0.15) is 0 Å². The molecule has 1 heterocycles. The number of carbonyl (C=O) groups is 2. The number of hydrogen-bond donors (Lipinski definition) is 1. The van der Waals surface area contributed by atoms with Crippen molar-refractivity contribution in [1.82, 2.24) is 5.16 Å². The van der Waals surface area contributed by atoms with Crippen molar-refractivity contribution in [2.24, 2.45) is 11.1 Å². The van der Waals surface area contributed by atoms with Crippen molar-refractivity contribution < 1.29 is 22.5 Å². The Morgan fingerprint density at radius 2 is 1.71 bits per heavy atom. The fraction of sp³-hybridized carbons (Fsp3) is 0.476. The maximum atomic E-state index is 13.6. The number of nitrogens with zero attached hydrogens (tertiary/aromatic N) is 2. The molecule has 10 heteroatoms. The molecule has 0 bridgehead atoms. The molecular weight excluding hydrogens is 442 g/mol. The van der Waals surface area contributed by atoms with Crippen molar-refractivity contribution >= 4 is 39.1 Å². The topological polar surface area (TPSA) is 124 Å². The van der Waals surface area contributed by atoms with E-state index in [1.807, 2.05) is 20.8 Å². The normalized spacial score (nSPS) is 12.6. The zero-order valence-electron chi connectivity index (χ0n) is 18.3. The lowest BCUT2D eigenvalue weighted by atomic mass is 9.89. The zero-order chi connectivity index (χ0) is 23.6. The monoisotopic (exact) mass is 469 g/mol. The summed E-state index contributed by atoms with van der Waals surface area (Å²) in [5.74, 6) is -1.27. The molecule has 0 atom stereocenters. The zero-order valence-corrected chi connectivity index (χ0v) is 19.9. The summed E-state index contributed by atoms with van der Waals surface area (Å²) in [7, 11) is -4.11. The molecule has 0 saturated carbocycles. The second-order valence-electron chi connectivity index (χ2n) is 9.03. The quantitative estimate of drug-likeness (QED) is 0.632. The lowest BCUT2D eigenvalue weighted by molar-refractivity contribution is -0.120. The molecule has 2 aromatic rings. The summed E-state index contributed by atoms with van der Waals surface area (Å²) >= 11 is 5.86. The van der Waals surface area contributed by atoms with Gasteiger partial charge in [0, 0.05) is 23.6 Å². The van der Waals surface area contributed by atoms with Crippen LogP contribution in [0.25, 0.3) is 0 Å². The Kier molecular flexibility index (Phi) is 7.22. The van der Waals surface area contributed by atoms with E-state index < -0.39 is 26.4 Å². The van der Waals surface area contributed by atoms with Gasteiger partial charge in [-0.3, -0.25) is 14.5 Å². The first-order valence-corrected chi connectivity index (χ1v) is 11.6. The molecular formula is C21H28ClN3O5S. The second-order valence-corrected chi connectivity index (χ2v) is 12.0. The molecule has 2 N–H and O–H groups in total. The van der Waals surface area contributed by atoms with Crippen LogP contribution >= 0.6 is 11.6 Å². The van der Waals surface area contributed by atoms with E-state index in [9.17, 15) is 18.0 Å². The Bertz CT molecular complexity index is 1050. The van der Waals surface area contributed by atoms with E-state index in [0.717, 1.165) is 4.90 Å². The van der Waals surface area contributed by atoms with Crippen LogP contribution in [0.4, 0.5) is 5.88 Å². The molecule has 0 unspecified atom stereocenters. The third kappa shape index (κ3) is 5.65. The number of aromatic nitrogens is 1. The average molecular weight is 470 g/mol. The highest BCUT2D eigenvalue weighted by Gasteiger charge is 2.46. The number of carbonyl (C=O) groups excluding carboxylic acids is 2. The van der Waals surface area contributed by atoms with Crippen LogP contribution in [0, 0.1) is 5.41 Å². The molecule has 1 aromatic heterocycles. The number of amides is 2. The summed E-state index contributed by atoms with van der Waals surface area (Å²) in [6.07, 6.45) is 1.85. The van der Waals surface area contributed by atoms with Gasteiger partial charge >= 0.3 is 0 Å². The Morgan fingerprint density at radius 1 is 1.13 bits per heavy atom. The van der Waals surface area contributed by atoms with Crippen molar-refractivity contribution in [2.75, 3.05) is 11.4 Å². The third-order valence-electron chi connectivity index (χ3n) is 4.73. The lowest BCUT2D eigenvalue weighted by Crippen LogP contribution is -2.51. The van der Waals surface area contributed by atoms with E-state index in [0.29, 0.717) is 17.0 Å². The first kappa shape index (κ1) is 24.9. The van der Waals surface area contributed by atoms with Crippen molar-refractivity contribution in [3.05, 3.63) is 41.0 Å². The molecule has 0 fully saturated rings. The molecule has 0 spiro atoms. The van der Waals surface area contributed by atoms with Crippen LogP contribution < -0.4 is 10.6 Å². The highest BCUT2D eigenvalue weighted by Crippen LogP contribution is 2.33. The lowest BCUT2D eigenvalue weighted by Gasteiger charge is -2.31. The van der Waals surface area contributed by atoms with Crippen LogP contribution in [0.1, 0.15) is 46.6 Å². The standard InChI is InChI=1S/C21H28ClN3O5S/c1-20(2,3)12-14-13-24-30-18(14)25(11-10-17(23)26)19(27)21(4,5)31(28,29)16-8-6-15(22)7-9-16/h6-9,13H,10-12H2,1-5H3,(H2,23,26). The van der Waals surface area contributed by atoms with E-state index in [-0.39, 0.29) is 29.2 Å². The second kappa shape index (κ2) is 9.00. The van der Waals surface area contributed by atoms with Crippen molar-refractivity contribution in [1.29, 1.82) is 0 Å². The number of rotatable bonds is 8. The van der Waals surface area contributed by atoms with Crippen molar-refractivity contribution in [3.8, 4) is 0 Å². The fourth-order valence-corrected chi connectivity index (χ4v) is 4.58. The predicted molar refractivity (Wildman–Crippen MR) is 119 cm³/mol. The maximum absolute atomic E-state index is 13.6. The molecule has 1 aromatic carbocycles. The highest BCUT2D eigenvalue weighted by molar-refractivity contribution is 7.93. The SMILES string of the molecule is CC(C)(C)Cc1cnoc1N(CCC(N)=O)C(=O)C(C)(C)S(=O)(=O)c1ccc(Cl)cc1. The number of nitrogens with two attached hydrogens (primary N) is 1. The molecule has 2 amide bonds. The van der Waals surface area contributed by atoms with Gasteiger partial charge < -0.3 is 10.3 Å². The van der Waals surface area contributed by atoms with Gasteiger partial charge in [0.15, 0.2) is 9.84 Å². The Balaban J connectivity index is 2.51. The first-order chi connectivity index (χ1) is 14.2. The number of halogens is 1. The number of primary amides is 1. The van der Waals surface area contributed by atoms with Crippen LogP contribution in [0.3, 0.4) is 0 Å². The van der Waals surface area contributed by atoms with Gasteiger partial charge in [-0.25, -0.2) is 8.42 Å². The van der Waals surface area contributed by atoms with Crippen LogP contribution in [-0.4, -0.2) is 36.7 Å². The minimum Gasteiger partial charge on any atom is -0.370 e. The van der Waals surface area contributed by atoms with Gasteiger partial charge in [0.2, 0.25) is 11.8 Å². The van der Waals surface area contributed by atoms with Crippen LogP contribution in [0.2, 0.25) is 5.02 Å². The summed E-state index contributed by atoms with van der Waals surface area (Å²) in [4.78, 5) is 26.1. The predicted octanol–water partition coefficient (Wildman–Crippen LogP) is 3.38. The van der Waals surface area contributed by atoms with Crippen molar-refractivity contribution in [3.63, 3.8) is 0 Å². The summed E-state index contributed by atoms with van der Waals surface area (Å²) in [6, 6.07) is 5.58. The maximum Gasteiger partial charge on any atom is 0.250 e. The van der Waals surface area contributed by atoms with Gasteiger partial charge in [-0.15, -0.1) is 0 Å². The van der Waals surface area contributed by atoms with Crippen LogP contribution in [0.5, 0.6) is 0 Å². The van der Waals surface area contributed by atoms with E-state index in [2.05, 4.69) is 5.16 Å². The number of sulfone groups is 1. The van der Waals surface area contributed by atoms with E-state index in [1.165, 1.54) is 44.3 Å². The van der Waals surface area contributed by atoms with Gasteiger partial charge in [0.05, 0.1) is 11.1 Å². The molecule has 0 aliphatic carbocycles. The van der Waals surface area contributed by atoms with E-state index in [4.69, 9.17) is 21.9 Å². The van der Waals surface area contributed by atoms with Gasteiger partial charge in [0.1, 0.15) is 4.75 Å². The van der Waals surface area contributed by atoms with Gasteiger partial charge in [0.25, 0.3) is 5.91 Å². The minimum absolute atomic E-state index is 0.0439. The Labute approximate surface area is 187 Å². The smallest absolute Gasteiger partial charge is 0.250 e. The van der Waals surface area contributed by atoms with E-state index in [1.54, 1.807) is 0 Å². The number of hydrogen-bond acceptors (Lipinski definition) is 6. The summed E-state index contributed by atoms with van der Waals surface area (Å²) in [5.41, 5.74) is 5.76. The molecule has 170 valence electrons. The first-order valence-electron chi connectivity index (χ1n) is 9.71. The van der Waals surface area contributed by atoms with E-state index >= 15 is 0 Å². The van der Waals surface area contributed by atoms with Gasteiger partial charge in [-0.05, 0) is 49.9 Å². The van der Waals surface area contributed by atoms with Crippen LogP contribution in [-0.2, 0) is 25.8 Å². The average Bonchev–Trinajstić information content (AvgIpc) is 3.07. The summed E-state index contributed by atoms with van der Waals surface area (Å²) in [5, 5.41) is 4.17. The fourth-order valence-electron chi connectivity index (χ4n) is 3.03. The highest BCUT2D eigenvalue weighted by atomic mass is 35.5. The molecule has 0 aliphatic heterocycles. The molecule has 8 nitrogen and oxygen atoms in total. The molecule has 0 radical (unpaired) electrons. The van der Waals surface area contributed by atoms with Crippen LogP contribution in [0.15, 0.2) is 39.9 Å². The molecule has 0 saturated heterocycles. The summed E-state index contributed by atoms with van der Waals surface area (Å²) in [6.45, 7) is 8.52. The number of benzene rings is 1. The molecule has 31 heavy (non-hydrogen) atoms. The van der Waals surface area contributed by atoms with Crippen molar-refractivity contribution in [2.45, 2.75) is 57.1 Å². The third-order valence-corrected chi connectivity index (χ3v) is 7.39. The minimum atomic E-state index is -4.11. The Hall–Kier alpha value is -2.39. The summed E-state index contributed by atoms with van der Waals surface area (Å²) < 4.78 is 30.1. The number of anilines is 1. The van der Waals surface area contributed by atoms with Gasteiger partial charge in [-0.1, -0.05) is 37.5 Å².